The second-order valence-electron chi connectivity index (χ2n) is 4.44. The Kier molecular flexibility index (Phi) is 3.79. The number of carboxylic acid groups (broad SMARTS) is 1. The molecule has 0 aliphatic rings. The van der Waals surface area contributed by atoms with Crippen molar-refractivity contribution in [2.24, 2.45) is 0 Å². The van der Waals surface area contributed by atoms with E-state index in [2.05, 4.69) is 15.3 Å². The van der Waals surface area contributed by atoms with Crippen molar-refractivity contribution in [3.8, 4) is 0 Å². The van der Waals surface area contributed by atoms with E-state index in [0.29, 0.717) is 5.56 Å². The van der Waals surface area contributed by atoms with Crippen LogP contribution >= 0.6 is 0 Å². The summed E-state index contributed by atoms with van der Waals surface area (Å²) in [6.07, 6.45) is 2.03. The van der Waals surface area contributed by atoms with Crippen molar-refractivity contribution in [2.75, 3.05) is 5.32 Å². The standard InChI is InChI=1S/C13H12N4O4/c1-13(11(18)19,9-5-3-2-4-6-9)16-12-14-7-10(8-15-12)17(20)21/h2-8H,1H3,(H,18,19)(H,14,15,16). The van der Waals surface area contributed by atoms with Gasteiger partial charge in [-0.2, -0.15) is 0 Å². The fourth-order valence-electron chi connectivity index (χ4n) is 1.72. The predicted molar refractivity (Wildman–Crippen MR) is 73.7 cm³/mol. The van der Waals surface area contributed by atoms with Crippen LogP contribution in [0.3, 0.4) is 0 Å². The Morgan fingerprint density at radius 1 is 1.29 bits per heavy atom. The molecule has 0 aliphatic heterocycles. The monoisotopic (exact) mass is 288 g/mol. The number of hydrogen-bond acceptors (Lipinski definition) is 6. The van der Waals surface area contributed by atoms with Gasteiger partial charge in [0, 0.05) is 0 Å². The van der Waals surface area contributed by atoms with E-state index < -0.39 is 16.4 Å². The van der Waals surface area contributed by atoms with Crippen LogP contribution in [0, 0.1) is 10.1 Å². The van der Waals surface area contributed by atoms with Gasteiger partial charge in [0.05, 0.1) is 4.92 Å². The zero-order chi connectivity index (χ0) is 15.5. The maximum absolute atomic E-state index is 11.6. The Hall–Kier alpha value is -3.03. The molecule has 0 radical (unpaired) electrons. The highest BCUT2D eigenvalue weighted by Gasteiger charge is 2.36. The van der Waals surface area contributed by atoms with Gasteiger partial charge in [-0.05, 0) is 12.5 Å². The molecule has 2 aromatic rings. The molecule has 21 heavy (non-hydrogen) atoms. The van der Waals surface area contributed by atoms with Crippen molar-refractivity contribution in [3.63, 3.8) is 0 Å². The minimum atomic E-state index is -1.45. The molecule has 2 rings (SSSR count). The van der Waals surface area contributed by atoms with Gasteiger partial charge in [0.15, 0.2) is 5.54 Å². The van der Waals surface area contributed by atoms with Crippen molar-refractivity contribution in [2.45, 2.75) is 12.5 Å². The number of rotatable bonds is 5. The highest BCUT2D eigenvalue weighted by molar-refractivity contribution is 5.83. The van der Waals surface area contributed by atoms with E-state index in [0.717, 1.165) is 12.4 Å². The van der Waals surface area contributed by atoms with E-state index in [1.165, 1.54) is 6.92 Å². The molecule has 0 fully saturated rings. The quantitative estimate of drug-likeness (QED) is 0.636. The summed E-state index contributed by atoms with van der Waals surface area (Å²) in [5, 5.41) is 22.7. The maximum Gasteiger partial charge on any atom is 0.333 e. The number of anilines is 1. The SMILES string of the molecule is CC(Nc1ncc([N+](=O)[O-])cn1)(C(=O)O)c1ccccc1. The minimum Gasteiger partial charge on any atom is -0.479 e. The van der Waals surface area contributed by atoms with Crippen LogP contribution < -0.4 is 5.32 Å². The molecule has 1 aromatic heterocycles. The van der Waals surface area contributed by atoms with E-state index in [4.69, 9.17) is 0 Å². The summed E-state index contributed by atoms with van der Waals surface area (Å²) in [5.41, 5.74) is -1.20. The second-order valence-corrected chi connectivity index (χ2v) is 4.44. The summed E-state index contributed by atoms with van der Waals surface area (Å²) in [7, 11) is 0. The molecule has 0 spiro atoms. The Balaban J connectivity index is 2.33. The Morgan fingerprint density at radius 2 is 1.86 bits per heavy atom. The maximum atomic E-state index is 11.6. The lowest BCUT2D eigenvalue weighted by Gasteiger charge is -2.26. The number of carbonyl (C=O) groups is 1. The topological polar surface area (TPSA) is 118 Å². The van der Waals surface area contributed by atoms with Crippen LogP contribution in [0.1, 0.15) is 12.5 Å². The number of aromatic nitrogens is 2. The Morgan fingerprint density at radius 3 is 2.33 bits per heavy atom. The molecular formula is C13H12N4O4. The molecular weight excluding hydrogens is 276 g/mol. The van der Waals surface area contributed by atoms with E-state index in [-0.39, 0.29) is 11.6 Å². The molecule has 0 bridgehead atoms. The van der Waals surface area contributed by atoms with Crippen LogP contribution in [0.15, 0.2) is 42.7 Å². The van der Waals surface area contributed by atoms with Gasteiger partial charge in [0.2, 0.25) is 5.95 Å². The summed E-state index contributed by atoms with van der Waals surface area (Å²) in [6, 6.07) is 8.52. The zero-order valence-electron chi connectivity index (χ0n) is 11.1. The van der Waals surface area contributed by atoms with Crippen molar-refractivity contribution < 1.29 is 14.8 Å². The largest absolute Gasteiger partial charge is 0.479 e. The minimum absolute atomic E-state index is 0.00523. The number of hydrogen-bond donors (Lipinski definition) is 2. The molecule has 1 unspecified atom stereocenters. The molecule has 108 valence electrons. The van der Waals surface area contributed by atoms with E-state index in [9.17, 15) is 20.0 Å². The first kappa shape index (κ1) is 14.4. The number of benzene rings is 1. The van der Waals surface area contributed by atoms with Gasteiger partial charge >= 0.3 is 11.7 Å². The van der Waals surface area contributed by atoms with Gasteiger partial charge < -0.3 is 10.4 Å². The summed E-state index contributed by atoms with van der Waals surface area (Å²) in [4.78, 5) is 29.0. The van der Waals surface area contributed by atoms with Gasteiger partial charge in [0.1, 0.15) is 12.4 Å². The number of aliphatic carboxylic acids is 1. The smallest absolute Gasteiger partial charge is 0.333 e. The van der Waals surface area contributed by atoms with Crippen LogP contribution in [0.25, 0.3) is 0 Å². The van der Waals surface area contributed by atoms with E-state index >= 15 is 0 Å². The first-order valence-electron chi connectivity index (χ1n) is 5.97. The molecule has 1 aromatic carbocycles. The highest BCUT2D eigenvalue weighted by atomic mass is 16.6. The average molecular weight is 288 g/mol. The fraction of sp³-hybridized carbons (Fsp3) is 0.154. The lowest BCUT2D eigenvalue weighted by atomic mass is 9.92. The van der Waals surface area contributed by atoms with Crippen molar-refractivity contribution in [3.05, 3.63) is 58.4 Å². The summed E-state index contributed by atoms with van der Waals surface area (Å²) >= 11 is 0. The third-order valence-electron chi connectivity index (χ3n) is 2.99. The first-order chi connectivity index (χ1) is 9.93. The third-order valence-corrected chi connectivity index (χ3v) is 2.99. The lowest BCUT2D eigenvalue weighted by molar-refractivity contribution is -0.385. The summed E-state index contributed by atoms with van der Waals surface area (Å²) < 4.78 is 0. The molecule has 0 saturated carbocycles. The molecule has 0 aliphatic carbocycles. The van der Waals surface area contributed by atoms with Crippen LogP contribution in [0.4, 0.5) is 11.6 Å². The second kappa shape index (κ2) is 5.53. The van der Waals surface area contributed by atoms with Crippen LogP contribution in [-0.2, 0) is 10.3 Å². The molecule has 0 saturated heterocycles. The molecule has 2 N–H and O–H groups in total. The van der Waals surface area contributed by atoms with Gasteiger partial charge in [-0.1, -0.05) is 30.3 Å². The molecule has 8 nitrogen and oxygen atoms in total. The molecule has 8 heteroatoms. The number of nitrogens with one attached hydrogen (secondary N) is 1. The lowest BCUT2D eigenvalue weighted by Crippen LogP contribution is -2.41. The number of nitro groups is 1. The molecule has 0 amide bonds. The van der Waals surface area contributed by atoms with Gasteiger partial charge in [0.25, 0.3) is 0 Å². The normalized spacial score (nSPS) is 13.2. The summed E-state index contributed by atoms with van der Waals surface area (Å²) in [5.74, 6) is -1.12. The van der Waals surface area contributed by atoms with Crippen molar-refractivity contribution >= 4 is 17.6 Å². The van der Waals surface area contributed by atoms with Crippen LogP contribution in [0.2, 0.25) is 0 Å². The molecule has 1 atom stereocenters. The zero-order valence-corrected chi connectivity index (χ0v) is 11.1. The number of carboxylic acids is 1. The number of nitrogens with zero attached hydrogens (tertiary/aromatic N) is 3. The van der Waals surface area contributed by atoms with Gasteiger partial charge in [-0.15, -0.1) is 0 Å². The summed E-state index contributed by atoms with van der Waals surface area (Å²) in [6.45, 7) is 1.47. The van der Waals surface area contributed by atoms with Crippen molar-refractivity contribution in [1.29, 1.82) is 0 Å². The highest BCUT2D eigenvalue weighted by Crippen LogP contribution is 2.25. The predicted octanol–water partition coefficient (Wildman–Crippen LogP) is 1.80. The van der Waals surface area contributed by atoms with Crippen molar-refractivity contribution in [1.82, 2.24) is 9.97 Å². The van der Waals surface area contributed by atoms with E-state index in [1.54, 1.807) is 30.3 Å². The van der Waals surface area contributed by atoms with Crippen LogP contribution in [0.5, 0.6) is 0 Å². The van der Waals surface area contributed by atoms with Crippen LogP contribution in [-0.4, -0.2) is 26.0 Å². The third kappa shape index (κ3) is 2.94. The Bertz CT molecular complexity index is 660. The first-order valence-corrected chi connectivity index (χ1v) is 5.97. The Labute approximate surface area is 119 Å². The van der Waals surface area contributed by atoms with E-state index in [1.807, 2.05) is 0 Å². The fourth-order valence-corrected chi connectivity index (χ4v) is 1.72. The van der Waals surface area contributed by atoms with Gasteiger partial charge in [-0.3, -0.25) is 10.1 Å². The average Bonchev–Trinajstić information content (AvgIpc) is 2.48. The van der Waals surface area contributed by atoms with Gasteiger partial charge in [-0.25, -0.2) is 14.8 Å². The molecule has 1 heterocycles.